The Balaban J connectivity index is 2.45. The highest BCUT2D eigenvalue weighted by Crippen LogP contribution is 2.14. The Kier molecular flexibility index (Phi) is 3.93. The van der Waals surface area contributed by atoms with Crippen LogP contribution < -0.4 is 0 Å². The monoisotopic (exact) mass is 217 g/mol. The minimum atomic E-state index is -0.497. The first-order chi connectivity index (χ1) is 6.92. The first-order valence-electron chi connectivity index (χ1n) is 5.09. The zero-order valence-corrected chi connectivity index (χ0v) is 9.52. The topological polar surface area (TPSA) is 59.0 Å². The molecule has 0 aromatic rings. The van der Waals surface area contributed by atoms with E-state index in [1.165, 1.54) is 4.90 Å². The third kappa shape index (κ3) is 4.05. The van der Waals surface area contributed by atoms with Gasteiger partial charge in [0.05, 0.1) is 6.61 Å². The Hall–Kier alpha value is -0.810. The van der Waals surface area contributed by atoms with Crippen molar-refractivity contribution in [1.82, 2.24) is 4.90 Å². The zero-order chi connectivity index (χ0) is 11.5. The third-order valence-corrected chi connectivity index (χ3v) is 1.99. The third-order valence-electron chi connectivity index (χ3n) is 1.99. The van der Waals surface area contributed by atoms with E-state index in [0.717, 1.165) is 0 Å². The van der Waals surface area contributed by atoms with E-state index in [2.05, 4.69) is 0 Å². The molecule has 0 saturated carbocycles. The molecule has 0 aromatic carbocycles. The van der Waals surface area contributed by atoms with Crippen LogP contribution in [0.2, 0.25) is 0 Å². The van der Waals surface area contributed by atoms with Gasteiger partial charge in [-0.3, -0.25) is 4.90 Å². The summed E-state index contributed by atoms with van der Waals surface area (Å²) in [5.74, 6) is -0.00808. The number of aliphatic hydroxyl groups is 1. The van der Waals surface area contributed by atoms with Crippen LogP contribution in [0.15, 0.2) is 0 Å². The quantitative estimate of drug-likeness (QED) is 0.706. The molecule has 1 heterocycles. The Bertz CT molecular complexity index is 224. The molecule has 0 unspecified atom stereocenters. The molecule has 1 N–H and O–H groups in total. The summed E-state index contributed by atoms with van der Waals surface area (Å²) < 4.78 is 10.4. The van der Waals surface area contributed by atoms with Crippen LogP contribution in [-0.4, -0.2) is 48.2 Å². The lowest BCUT2D eigenvalue weighted by Crippen LogP contribution is -2.46. The summed E-state index contributed by atoms with van der Waals surface area (Å²) in [4.78, 5) is 13.1. The zero-order valence-electron chi connectivity index (χ0n) is 9.52. The van der Waals surface area contributed by atoms with Gasteiger partial charge in [0.25, 0.3) is 0 Å². The molecule has 5 nitrogen and oxygen atoms in total. The molecule has 0 spiro atoms. The van der Waals surface area contributed by atoms with Crippen molar-refractivity contribution >= 4 is 6.09 Å². The molecule has 0 aliphatic carbocycles. The van der Waals surface area contributed by atoms with Gasteiger partial charge in [0.2, 0.25) is 0 Å². The number of aliphatic hydroxyl groups excluding tert-OH is 1. The predicted octanol–water partition coefficient (Wildman–Crippen LogP) is 0.820. The van der Waals surface area contributed by atoms with E-state index in [4.69, 9.17) is 14.6 Å². The van der Waals surface area contributed by atoms with Gasteiger partial charge in [-0.15, -0.1) is 0 Å². The summed E-state index contributed by atoms with van der Waals surface area (Å²) in [5, 5.41) is 8.96. The molecular weight excluding hydrogens is 198 g/mol. The fourth-order valence-electron chi connectivity index (χ4n) is 1.31. The van der Waals surface area contributed by atoms with Crippen LogP contribution in [0, 0.1) is 5.92 Å². The van der Waals surface area contributed by atoms with Crippen LogP contribution in [0.3, 0.4) is 0 Å². The van der Waals surface area contributed by atoms with E-state index >= 15 is 0 Å². The summed E-state index contributed by atoms with van der Waals surface area (Å²) in [6.07, 6.45) is -0.388. The molecule has 5 heteroatoms. The molecule has 0 aromatic heterocycles. The molecule has 0 radical (unpaired) electrons. The van der Waals surface area contributed by atoms with Gasteiger partial charge in [-0.1, -0.05) is 0 Å². The minimum Gasteiger partial charge on any atom is -0.444 e. The van der Waals surface area contributed by atoms with E-state index in [1.54, 1.807) is 0 Å². The van der Waals surface area contributed by atoms with Gasteiger partial charge in [0, 0.05) is 19.1 Å². The van der Waals surface area contributed by atoms with Crippen molar-refractivity contribution in [3.8, 4) is 0 Å². The van der Waals surface area contributed by atoms with Crippen molar-refractivity contribution in [2.45, 2.75) is 26.4 Å². The number of carbonyl (C=O) groups excluding carboxylic acids is 1. The van der Waals surface area contributed by atoms with Gasteiger partial charge < -0.3 is 14.6 Å². The number of hydrogen-bond acceptors (Lipinski definition) is 4. The van der Waals surface area contributed by atoms with Gasteiger partial charge in [-0.25, -0.2) is 4.79 Å². The van der Waals surface area contributed by atoms with E-state index < -0.39 is 5.60 Å². The Morgan fingerprint density at radius 1 is 1.60 bits per heavy atom. The van der Waals surface area contributed by atoms with Crippen molar-refractivity contribution in [3.63, 3.8) is 0 Å². The number of rotatable bonds is 1. The highest BCUT2D eigenvalue weighted by atomic mass is 16.6. The molecule has 88 valence electrons. The molecule has 1 aliphatic heterocycles. The fourth-order valence-corrected chi connectivity index (χ4v) is 1.31. The summed E-state index contributed by atoms with van der Waals surface area (Å²) >= 11 is 0. The molecule has 1 fully saturated rings. The number of carbonyl (C=O) groups is 1. The molecular formula is C10H19NO4. The Labute approximate surface area is 90.0 Å². The maximum absolute atomic E-state index is 11.6. The summed E-state index contributed by atoms with van der Waals surface area (Å²) in [6.45, 7) is 6.71. The standard InChI is InChI=1S/C10H19NO4/c1-10(2,3)15-9(13)11-4-8(5-12)6-14-7-11/h8,12H,4-7H2,1-3H3/t8-/m1/s1. The fraction of sp³-hybridized carbons (Fsp3) is 0.900. The molecule has 1 atom stereocenters. The lowest BCUT2D eigenvalue weighted by molar-refractivity contribution is -0.0658. The van der Waals surface area contributed by atoms with Gasteiger partial charge in [0.15, 0.2) is 0 Å². The number of ether oxygens (including phenoxy) is 2. The maximum Gasteiger partial charge on any atom is 0.412 e. The van der Waals surface area contributed by atoms with Crippen molar-refractivity contribution in [3.05, 3.63) is 0 Å². The van der Waals surface area contributed by atoms with E-state index in [0.29, 0.717) is 13.2 Å². The predicted molar refractivity (Wildman–Crippen MR) is 54.3 cm³/mol. The van der Waals surface area contributed by atoms with Crippen LogP contribution >= 0.6 is 0 Å². The largest absolute Gasteiger partial charge is 0.444 e. The molecule has 1 saturated heterocycles. The van der Waals surface area contributed by atoms with Gasteiger partial charge in [-0.2, -0.15) is 0 Å². The average Bonchev–Trinajstić information content (AvgIpc) is 2.15. The second-order valence-corrected chi connectivity index (χ2v) is 4.75. The van der Waals surface area contributed by atoms with Gasteiger partial charge in [0.1, 0.15) is 12.3 Å². The Morgan fingerprint density at radius 2 is 2.27 bits per heavy atom. The molecule has 0 bridgehead atoms. The van der Waals surface area contributed by atoms with E-state index in [-0.39, 0.29) is 25.3 Å². The first-order valence-corrected chi connectivity index (χ1v) is 5.09. The SMILES string of the molecule is CC(C)(C)OC(=O)N1COC[C@@H](CO)C1. The molecule has 15 heavy (non-hydrogen) atoms. The van der Waals surface area contributed by atoms with Crippen molar-refractivity contribution in [2.24, 2.45) is 5.92 Å². The Morgan fingerprint density at radius 3 is 2.80 bits per heavy atom. The lowest BCUT2D eigenvalue weighted by atomic mass is 10.1. The second kappa shape index (κ2) is 4.81. The van der Waals surface area contributed by atoms with Gasteiger partial charge >= 0.3 is 6.09 Å². The van der Waals surface area contributed by atoms with E-state index in [9.17, 15) is 4.79 Å². The molecule has 1 amide bonds. The summed E-state index contributed by atoms with van der Waals surface area (Å²) in [7, 11) is 0. The smallest absolute Gasteiger partial charge is 0.412 e. The highest BCUT2D eigenvalue weighted by molar-refractivity contribution is 5.68. The second-order valence-electron chi connectivity index (χ2n) is 4.75. The normalized spacial score (nSPS) is 22.7. The maximum atomic E-state index is 11.6. The summed E-state index contributed by atoms with van der Waals surface area (Å²) in [5.41, 5.74) is -0.497. The molecule has 1 rings (SSSR count). The average molecular weight is 217 g/mol. The van der Waals surface area contributed by atoms with Crippen molar-refractivity contribution in [1.29, 1.82) is 0 Å². The van der Waals surface area contributed by atoms with Crippen molar-refractivity contribution < 1.29 is 19.4 Å². The van der Waals surface area contributed by atoms with Crippen LogP contribution in [0.5, 0.6) is 0 Å². The van der Waals surface area contributed by atoms with Crippen LogP contribution in [-0.2, 0) is 9.47 Å². The van der Waals surface area contributed by atoms with Crippen LogP contribution in [0.4, 0.5) is 4.79 Å². The van der Waals surface area contributed by atoms with Crippen LogP contribution in [0.25, 0.3) is 0 Å². The van der Waals surface area contributed by atoms with Gasteiger partial charge in [-0.05, 0) is 20.8 Å². The summed E-state index contributed by atoms with van der Waals surface area (Å²) in [6, 6.07) is 0. The lowest BCUT2D eigenvalue weighted by Gasteiger charge is -2.33. The van der Waals surface area contributed by atoms with Crippen molar-refractivity contribution in [2.75, 3.05) is 26.5 Å². The number of hydrogen-bond donors (Lipinski definition) is 1. The first kappa shape index (κ1) is 12.3. The number of nitrogens with zero attached hydrogens (tertiary/aromatic N) is 1. The van der Waals surface area contributed by atoms with E-state index in [1.807, 2.05) is 20.8 Å². The van der Waals surface area contributed by atoms with Crippen LogP contribution in [0.1, 0.15) is 20.8 Å². The molecule has 1 aliphatic rings. The highest BCUT2D eigenvalue weighted by Gasteiger charge is 2.27. The minimum absolute atomic E-state index is 0.00808. The number of amides is 1.